The SMILES string of the molecule is COc1ccc(OC)c(NC(=O)c2ccc(-c3ccc(Cl)c([N+](=O)[O-])c3)o2)c1. The molecule has 8 nitrogen and oxygen atoms in total. The van der Waals surface area contributed by atoms with Crippen LogP contribution in [0.3, 0.4) is 0 Å². The molecule has 1 heterocycles. The molecule has 2 aromatic carbocycles. The van der Waals surface area contributed by atoms with Gasteiger partial charge in [-0.1, -0.05) is 11.6 Å². The molecule has 3 rings (SSSR count). The Morgan fingerprint density at radius 2 is 1.89 bits per heavy atom. The number of carbonyl (C=O) groups is 1. The third kappa shape index (κ3) is 3.91. The van der Waals surface area contributed by atoms with Crippen LogP contribution in [0.4, 0.5) is 11.4 Å². The molecule has 0 unspecified atom stereocenters. The summed E-state index contributed by atoms with van der Waals surface area (Å²) in [6.45, 7) is 0. The molecule has 144 valence electrons. The van der Waals surface area contributed by atoms with Crippen LogP contribution in [-0.2, 0) is 0 Å². The van der Waals surface area contributed by atoms with Crippen molar-refractivity contribution in [3.8, 4) is 22.8 Å². The average Bonchev–Trinajstić information content (AvgIpc) is 3.18. The minimum atomic E-state index is -0.586. The maximum atomic E-state index is 12.5. The molecule has 0 atom stereocenters. The second-order valence-electron chi connectivity index (χ2n) is 5.61. The van der Waals surface area contributed by atoms with Crippen molar-refractivity contribution in [2.45, 2.75) is 0 Å². The number of halogens is 1. The van der Waals surface area contributed by atoms with Crippen molar-refractivity contribution in [1.82, 2.24) is 0 Å². The third-order valence-corrected chi connectivity index (χ3v) is 4.23. The van der Waals surface area contributed by atoms with Gasteiger partial charge in [0.25, 0.3) is 11.6 Å². The number of anilines is 1. The summed E-state index contributed by atoms with van der Waals surface area (Å²) in [5.74, 6) is 0.806. The van der Waals surface area contributed by atoms with E-state index < -0.39 is 10.8 Å². The van der Waals surface area contributed by atoms with E-state index in [0.29, 0.717) is 28.5 Å². The number of ether oxygens (including phenoxy) is 2. The van der Waals surface area contributed by atoms with E-state index in [4.69, 9.17) is 25.5 Å². The summed E-state index contributed by atoms with van der Waals surface area (Å²) in [6, 6.07) is 12.3. The van der Waals surface area contributed by atoms with E-state index in [9.17, 15) is 14.9 Å². The quantitative estimate of drug-likeness (QED) is 0.470. The summed E-state index contributed by atoms with van der Waals surface area (Å²) in [4.78, 5) is 23.0. The monoisotopic (exact) mass is 402 g/mol. The molecule has 0 spiro atoms. The van der Waals surface area contributed by atoms with Crippen LogP contribution in [-0.4, -0.2) is 25.1 Å². The van der Waals surface area contributed by atoms with E-state index >= 15 is 0 Å². The van der Waals surface area contributed by atoms with Gasteiger partial charge >= 0.3 is 0 Å². The fraction of sp³-hybridized carbons (Fsp3) is 0.105. The van der Waals surface area contributed by atoms with Crippen molar-refractivity contribution < 1.29 is 23.6 Å². The zero-order chi connectivity index (χ0) is 20.3. The van der Waals surface area contributed by atoms with Crippen LogP contribution in [0.2, 0.25) is 5.02 Å². The fourth-order valence-electron chi connectivity index (χ4n) is 2.52. The van der Waals surface area contributed by atoms with E-state index in [0.717, 1.165) is 0 Å². The highest BCUT2D eigenvalue weighted by Crippen LogP contribution is 2.32. The zero-order valence-corrected chi connectivity index (χ0v) is 15.6. The van der Waals surface area contributed by atoms with E-state index in [1.807, 2.05) is 0 Å². The molecule has 0 aliphatic carbocycles. The second-order valence-corrected chi connectivity index (χ2v) is 6.01. The molecule has 0 bridgehead atoms. The number of rotatable bonds is 6. The molecule has 0 saturated carbocycles. The molecule has 0 fully saturated rings. The molecule has 0 aliphatic heterocycles. The molecular weight excluding hydrogens is 388 g/mol. The molecule has 1 amide bonds. The number of furan rings is 1. The summed E-state index contributed by atoms with van der Waals surface area (Å²) in [7, 11) is 2.99. The van der Waals surface area contributed by atoms with Crippen molar-refractivity contribution in [3.05, 3.63) is 69.4 Å². The summed E-state index contributed by atoms with van der Waals surface area (Å²) in [6.07, 6.45) is 0. The summed E-state index contributed by atoms with van der Waals surface area (Å²) < 4.78 is 15.9. The Morgan fingerprint density at radius 1 is 1.11 bits per heavy atom. The highest BCUT2D eigenvalue weighted by Gasteiger charge is 2.18. The van der Waals surface area contributed by atoms with Gasteiger partial charge in [0, 0.05) is 17.7 Å². The molecule has 3 aromatic rings. The Morgan fingerprint density at radius 3 is 2.57 bits per heavy atom. The van der Waals surface area contributed by atoms with Crippen LogP contribution in [0.15, 0.2) is 52.9 Å². The molecule has 1 N–H and O–H groups in total. The second kappa shape index (κ2) is 8.01. The predicted molar refractivity (Wildman–Crippen MR) is 103 cm³/mol. The van der Waals surface area contributed by atoms with Gasteiger partial charge in [-0.15, -0.1) is 0 Å². The van der Waals surface area contributed by atoms with Crippen LogP contribution in [0, 0.1) is 10.1 Å². The molecular formula is C19H15ClN2O6. The maximum absolute atomic E-state index is 12.5. The highest BCUT2D eigenvalue weighted by molar-refractivity contribution is 6.32. The van der Waals surface area contributed by atoms with E-state index in [-0.39, 0.29) is 16.5 Å². The molecule has 0 aliphatic rings. The fourth-order valence-corrected chi connectivity index (χ4v) is 2.70. The first-order valence-electron chi connectivity index (χ1n) is 8.00. The number of carbonyl (C=O) groups excluding carboxylic acids is 1. The lowest BCUT2D eigenvalue weighted by molar-refractivity contribution is -0.384. The smallest absolute Gasteiger partial charge is 0.291 e. The number of benzene rings is 2. The molecule has 0 saturated heterocycles. The summed E-state index contributed by atoms with van der Waals surface area (Å²) in [5, 5.41) is 13.7. The number of hydrogen-bond acceptors (Lipinski definition) is 6. The molecule has 1 aromatic heterocycles. The Balaban J connectivity index is 1.86. The van der Waals surface area contributed by atoms with Gasteiger partial charge in [0.1, 0.15) is 22.3 Å². The lowest BCUT2D eigenvalue weighted by atomic mass is 10.1. The molecule has 28 heavy (non-hydrogen) atoms. The Bertz CT molecular complexity index is 1050. The largest absolute Gasteiger partial charge is 0.497 e. The van der Waals surface area contributed by atoms with Crippen LogP contribution >= 0.6 is 11.6 Å². The lowest BCUT2D eigenvalue weighted by Gasteiger charge is -2.10. The number of nitrogens with one attached hydrogen (secondary N) is 1. The Hall–Kier alpha value is -3.52. The average molecular weight is 403 g/mol. The van der Waals surface area contributed by atoms with Crippen LogP contribution in [0.5, 0.6) is 11.5 Å². The molecule has 9 heteroatoms. The van der Waals surface area contributed by atoms with Gasteiger partial charge in [-0.2, -0.15) is 0 Å². The summed E-state index contributed by atoms with van der Waals surface area (Å²) >= 11 is 5.82. The minimum Gasteiger partial charge on any atom is -0.497 e. The number of amides is 1. The van der Waals surface area contributed by atoms with Gasteiger partial charge < -0.3 is 19.2 Å². The first kappa shape index (κ1) is 19.2. The van der Waals surface area contributed by atoms with Crippen molar-refractivity contribution in [2.75, 3.05) is 19.5 Å². The normalized spacial score (nSPS) is 10.4. The van der Waals surface area contributed by atoms with Crippen LogP contribution in [0.1, 0.15) is 10.6 Å². The van der Waals surface area contributed by atoms with Crippen molar-refractivity contribution in [2.24, 2.45) is 0 Å². The van der Waals surface area contributed by atoms with Gasteiger partial charge in [0.2, 0.25) is 0 Å². The highest BCUT2D eigenvalue weighted by atomic mass is 35.5. The van der Waals surface area contributed by atoms with E-state index in [2.05, 4.69) is 5.32 Å². The standard InChI is InChI=1S/C19H15ClN2O6/c1-26-12-4-6-17(27-2)14(10-12)21-19(23)18-8-7-16(28-18)11-3-5-13(20)15(9-11)22(24)25/h3-10H,1-2H3,(H,21,23). The Labute approximate surface area is 164 Å². The zero-order valence-electron chi connectivity index (χ0n) is 14.9. The van der Waals surface area contributed by atoms with Gasteiger partial charge in [-0.25, -0.2) is 0 Å². The topological polar surface area (TPSA) is 104 Å². The van der Waals surface area contributed by atoms with Gasteiger partial charge in [-0.05, 0) is 36.4 Å². The van der Waals surface area contributed by atoms with Gasteiger partial charge in [0.15, 0.2) is 5.76 Å². The van der Waals surface area contributed by atoms with Crippen molar-refractivity contribution >= 4 is 28.9 Å². The summed E-state index contributed by atoms with van der Waals surface area (Å²) in [5.41, 5.74) is 0.587. The number of nitrogens with zero attached hydrogens (tertiary/aromatic N) is 1. The van der Waals surface area contributed by atoms with Crippen molar-refractivity contribution in [1.29, 1.82) is 0 Å². The predicted octanol–water partition coefficient (Wildman–Crippen LogP) is 4.78. The minimum absolute atomic E-state index is 0.0170. The van der Waals surface area contributed by atoms with E-state index in [1.54, 1.807) is 30.3 Å². The third-order valence-electron chi connectivity index (χ3n) is 3.91. The van der Waals surface area contributed by atoms with Crippen LogP contribution < -0.4 is 14.8 Å². The van der Waals surface area contributed by atoms with Crippen molar-refractivity contribution in [3.63, 3.8) is 0 Å². The van der Waals surface area contributed by atoms with Crippen LogP contribution in [0.25, 0.3) is 11.3 Å². The lowest BCUT2D eigenvalue weighted by Crippen LogP contribution is -2.11. The maximum Gasteiger partial charge on any atom is 0.291 e. The number of nitro benzene ring substituents is 1. The Kier molecular flexibility index (Phi) is 5.51. The number of hydrogen-bond donors (Lipinski definition) is 1. The number of nitro groups is 1. The first-order chi connectivity index (χ1) is 13.4. The molecule has 0 radical (unpaired) electrons. The first-order valence-corrected chi connectivity index (χ1v) is 8.38. The van der Waals surface area contributed by atoms with Gasteiger partial charge in [0.05, 0.1) is 24.8 Å². The number of methoxy groups -OCH3 is 2. The van der Waals surface area contributed by atoms with Gasteiger partial charge in [-0.3, -0.25) is 14.9 Å². The van der Waals surface area contributed by atoms with E-state index in [1.165, 1.54) is 32.4 Å².